The van der Waals surface area contributed by atoms with Crippen molar-refractivity contribution in [2.24, 2.45) is 0 Å². The average molecular weight is 467 g/mol. The summed E-state index contributed by atoms with van der Waals surface area (Å²) in [6, 6.07) is 5.54. The minimum Gasteiger partial charge on any atom is -0.492 e. The molecule has 0 fully saturated rings. The zero-order valence-corrected chi connectivity index (χ0v) is 20.3. The lowest BCUT2D eigenvalue weighted by atomic mass is 9.90. The molecule has 0 bridgehead atoms. The number of aromatic nitrogens is 3. The van der Waals surface area contributed by atoms with Crippen molar-refractivity contribution in [2.75, 3.05) is 40.1 Å². The lowest BCUT2D eigenvalue weighted by molar-refractivity contribution is 0.0671. The number of nitrogens with one attached hydrogen (secondary N) is 1. The molecular weight excluding hydrogens is 435 g/mol. The number of hydrogen-bond acceptors (Lipinski definition) is 6. The number of carbonyl (C=O) groups excluding carboxylic acids is 1. The van der Waals surface area contributed by atoms with E-state index in [1.807, 2.05) is 49.8 Å². The fourth-order valence-electron chi connectivity index (χ4n) is 4.57. The Hall–Kier alpha value is -3.46. The summed E-state index contributed by atoms with van der Waals surface area (Å²) in [7, 11) is 7.31. The highest BCUT2D eigenvalue weighted by atomic mass is 19.1. The van der Waals surface area contributed by atoms with Gasteiger partial charge in [0.05, 0.1) is 19.7 Å². The fourth-order valence-corrected chi connectivity index (χ4v) is 4.57. The zero-order chi connectivity index (χ0) is 24.4. The van der Waals surface area contributed by atoms with Crippen molar-refractivity contribution in [3.05, 3.63) is 70.6 Å². The van der Waals surface area contributed by atoms with Crippen LogP contribution >= 0.6 is 0 Å². The first-order valence-corrected chi connectivity index (χ1v) is 11.3. The van der Waals surface area contributed by atoms with Gasteiger partial charge in [0, 0.05) is 44.3 Å². The molecule has 34 heavy (non-hydrogen) atoms. The number of fused-ring (bicyclic) bond motifs is 1. The Balaban J connectivity index is 1.69. The number of hydrogen-bond donors (Lipinski definition) is 1. The maximum Gasteiger partial charge on any atom is 0.255 e. The summed E-state index contributed by atoms with van der Waals surface area (Å²) in [6.45, 7) is 3.87. The van der Waals surface area contributed by atoms with Crippen LogP contribution in [0.5, 0.6) is 5.75 Å². The number of methoxy groups -OCH3 is 1. The zero-order valence-electron chi connectivity index (χ0n) is 20.3. The highest BCUT2D eigenvalue weighted by molar-refractivity contribution is 5.97. The molecule has 0 saturated heterocycles. The Bertz CT molecular complexity index is 1190. The minimum atomic E-state index is -0.660. The van der Waals surface area contributed by atoms with Gasteiger partial charge in [-0.2, -0.15) is 4.39 Å². The van der Waals surface area contributed by atoms with Crippen molar-refractivity contribution in [3.63, 3.8) is 0 Å². The van der Waals surface area contributed by atoms with Gasteiger partial charge in [-0.25, -0.2) is 9.97 Å². The van der Waals surface area contributed by atoms with E-state index in [0.29, 0.717) is 13.1 Å². The topological polar surface area (TPSA) is 75.5 Å². The SMILES string of the molecule is CNc1nccn1Cc1cc(CN(C)C)c2c(c1)C(=O)N([C@@H](C)c1cnc(F)c(OC)c1)CC2. The number of imidazole rings is 1. The van der Waals surface area contributed by atoms with Crippen LogP contribution in [0.1, 0.15) is 45.6 Å². The summed E-state index contributed by atoms with van der Waals surface area (Å²) in [6.07, 6.45) is 5.90. The molecule has 1 aromatic carbocycles. The molecule has 4 rings (SSSR count). The van der Waals surface area contributed by atoms with Crippen LogP contribution in [0.3, 0.4) is 0 Å². The Morgan fingerprint density at radius 3 is 2.76 bits per heavy atom. The van der Waals surface area contributed by atoms with E-state index < -0.39 is 5.95 Å². The number of ether oxygens (including phenoxy) is 1. The van der Waals surface area contributed by atoms with Crippen LogP contribution in [-0.4, -0.2) is 65.0 Å². The second kappa shape index (κ2) is 9.80. The number of benzene rings is 1. The molecule has 2 aromatic heterocycles. The number of halogens is 1. The maximum absolute atomic E-state index is 13.8. The monoisotopic (exact) mass is 466 g/mol. The maximum atomic E-state index is 13.8. The summed E-state index contributed by atoms with van der Waals surface area (Å²) in [5.41, 5.74) is 4.75. The molecule has 0 unspecified atom stereocenters. The molecule has 0 radical (unpaired) electrons. The van der Waals surface area contributed by atoms with Gasteiger partial charge >= 0.3 is 0 Å². The molecule has 1 amide bonds. The molecule has 9 heteroatoms. The van der Waals surface area contributed by atoms with Crippen LogP contribution in [0.4, 0.5) is 10.3 Å². The summed E-state index contributed by atoms with van der Waals surface area (Å²) in [5, 5.41) is 3.09. The predicted molar refractivity (Wildman–Crippen MR) is 129 cm³/mol. The molecule has 0 saturated carbocycles. The average Bonchev–Trinajstić information content (AvgIpc) is 3.26. The molecule has 1 aliphatic rings. The van der Waals surface area contributed by atoms with E-state index in [9.17, 15) is 9.18 Å². The largest absolute Gasteiger partial charge is 0.492 e. The van der Waals surface area contributed by atoms with E-state index in [1.165, 1.54) is 13.3 Å². The first kappa shape index (κ1) is 23.7. The van der Waals surface area contributed by atoms with Gasteiger partial charge < -0.3 is 24.4 Å². The normalized spacial score (nSPS) is 14.3. The van der Waals surface area contributed by atoms with Crippen LogP contribution in [0.15, 0.2) is 36.8 Å². The van der Waals surface area contributed by atoms with Crippen molar-refractivity contribution in [1.29, 1.82) is 0 Å². The third kappa shape index (κ3) is 4.61. The van der Waals surface area contributed by atoms with Gasteiger partial charge in [-0.1, -0.05) is 6.07 Å². The van der Waals surface area contributed by atoms with Crippen molar-refractivity contribution < 1.29 is 13.9 Å². The Labute approximate surface area is 199 Å². The second-order valence-corrected chi connectivity index (χ2v) is 8.83. The lowest BCUT2D eigenvalue weighted by Crippen LogP contribution is -2.40. The summed E-state index contributed by atoms with van der Waals surface area (Å²) in [5.74, 6) is 0.155. The molecule has 3 heterocycles. The number of pyridine rings is 1. The molecule has 0 spiro atoms. The molecule has 3 aromatic rings. The predicted octanol–water partition coefficient (Wildman–Crippen LogP) is 3.34. The Kier molecular flexibility index (Phi) is 6.83. The van der Waals surface area contributed by atoms with E-state index >= 15 is 0 Å². The van der Waals surface area contributed by atoms with Crippen molar-refractivity contribution >= 4 is 11.9 Å². The van der Waals surface area contributed by atoms with Crippen LogP contribution in [0, 0.1) is 5.95 Å². The molecule has 0 aliphatic carbocycles. The number of carbonyl (C=O) groups is 1. The van der Waals surface area contributed by atoms with E-state index in [-0.39, 0.29) is 17.7 Å². The highest BCUT2D eigenvalue weighted by Crippen LogP contribution is 2.32. The number of rotatable bonds is 8. The Morgan fingerprint density at radius 1 is 1.26 bits per heavy atom. The third-order valence-corrected chi connectivity index (χ3v) is 6.27. The number of nitrogens with zero attached hydrogens (tertiary/aromatic N) is 5. The first-order chi connectivity index (χ1) is 16.3. The van der Waals surface area contributed by atoms with E-state index in [1.54, 1.807) is 12.3 Å². The van der Waals surface area contributed by atoms with Gasteiger partial charge in [-0.15, -0.1) is 0 Å². The summed E-state index contributed by atoms with van der Waals surface area (Å²) in [4.78, 5) is 25.8. The smallest absolute Gasteiger partial charge is 0.255 e. The summed E-state index contributed by atoms with van der Waals surface area (Å²) < 4.78 is 20.9. The van der Waals surface area contributed by atoms with Gasteiger partial charge in [-0.05, 0) is 61.8 Å². The van der Waals surface area contributed by atoms with E-state index in [0.717, 1.165) is 46.7 Å². The van der Waals surface area contributed by atoms with Crippen LogP contribution in [0.25, 0.3) is 0 Å². The van der Waals surface area contributed by atoms with Gasteiger partial charge in [0.1, 0.15) is 0 Å². The van der Waals surface area contributed by atoms with Crippen molar-refractivity contribution in [3.8, 4) is 5.75 Å². The van der Waals surface area contributed by atoms with Crippen LogP contribution in [0.2, 0.25) is 0 Å². The van der Waals surface area contributed by atoms with Crippen LogP contribution < -0.4 is 10.1 Å². The fraction of sp³-hybridized carbons (Fsp3) is 0.400. The number of anilines is 1. The van der Waals surface area contributed by atoms with Crippen molar-refractivity contribution in [1.82, 2.24) is 24.3 Å². The van der Waals surface area contributed by atoms with Crippen LogP contribution in [-0.2, 0) is 19.5 Å². The second-order valence-electron chi connectivity index (χ2n) is 8.83. The van der Waals surface area contributed by atoms with Gasteiger partial charge in [0.15, 0.2) is 5.75 Å². The van der Waals surface area contributed by atoms with Gasteiger partial charge in [-0.3, -0.25) is 4.79 Å². The molecule has 1 atom stereocenters. The van der Waals surface area contributed by atoms with Crippen molar-refractivity contribution in [2.45, 2.75) is 32.5 Å². The van der Waals surface area contributed by atoms with E-state index in [4.69, 9.17) is 4.74 Å². The molecule has 1 N–H and O–H groups in total. The van der Waals surface area contributed by atoms with Gasteiger partial charge in [0.25, 0.3) is 11.9 Å². The standard InChI is InChI=1S/C25H31FN6O2/c1-16(18-12-22(34-5)23(26)29-13-18)32-8-6-20-19(15-30(3)4)10-17(11-21(20)24(32)33)14-31-9-7-28-25(31)27-2/h7,9-13,16H,6,8,14-15H2,1-5H3,(H,27,28)/t16-/m0/s1. The molecule has 8 nitrogen and oxygen atoms in total. The molecular formula is C25H31FN6O2. The highest BCUT2D eigenvalue weighted by Gasteiger charge is 2.31. The Morgan fingerprint density at radius 2 is 2.06 bits per heavy atom. The molecule has 1 aliphatic heterocycles. The minimum absolute atomic E-state index is 0.0293. The quantitative estimate of drug-likeness (QED) is 0.514. The lowest BCUT2D eigenvalue weighted by Gasteiger charge is -2.35. The third-order valence-electron chi connectivity index (χ3n) is 6.27. The number of amides is 1. The van der Waals surface area contributed by atoms with E-state index in [2.05, 4.69) is 26.3 Å². The molecule has 180 valence electrons. The first-order valence-electron chi connectivity index (χ1n) is 11.3. The summed E-state index contributed by atoms with van der Waals surface area (Å²) >= 11 is 0. The van der Waals surface area contributed by atoms with Gasteiger partial charge in [0.2, 0.25) is 5.95 Å².